The summed E-state index contributed by atoms with van der Waals surface area (Å²) in [4.78, 5) is 9.53. The number of nitrogens with zero attached hydrogens (tertiary/aromatic N) is 3. The zero-order chi connectivity index (χ0) is 15.1. The Morgan fingerprint density at radius 1 is 1.33 bits per heavy atom. The molecule has 0 bridgehead atoms. The monoisotopic (exact) mass is 333 g/mol. The van der Waals surface area contributed by atoms with Crippen molar-refractivity contribution in [2.45, 2.75) is 26.8 Å². The summed E-state index contributed by atoms with van der Waals surface area (Å²) in [5, 5.41) is 16.0. The minimum absolute atomic E-state index is 0. The van der Waals surface area contributed by atoms with Gasteiger partial charge in [0.15, 0.2) is 12.2 Å². The Hall–Kier alpha value is -1.28. The highest BCUT2D eigenvalue weighted by Crippen LogP contribution is 2.13. The fourth-order valence-corrected chi connectivity index (χ4v) is 2.75. The molecule has 118 valence electrons. The van der Waals surface area contributed by atoms with Crippen LogP contribution in [0.15, 0.2) is 11.7 Å². The Morgan fingerprint density at radius 3 is 2.57 bits per heavy atom. The lowest BCUT2D eigenvalue weighted by Gasteiger charge is -2.01. The molecule has 0 atom stereocenters. The number of hydrogen-bond acceptors (Lipinski definition) is 6. The lowest BCUT2D eigenvalue weighted by atomic mass is 10.2. The largest absolute Gasteiger partial charge is 0.400 e. The van der Waals surface area contributed by atoms with Gasteiger partial charge in [-0.25, -0.2) is 9.97 Å². The molecule has 0 fully saturated rings. The van der Waals surface area contributed by atoms with E-state index < -0.39 is 0 Å². The molecule has 2 aromatic heterocycles. The number of nitrogens with two attached hydrogens (primary N) is 1. The molecule has 8 heteroatoms. The molecular formula is C13H22ClN4O2S+. The van der Waals surface area contributed by atoms with E-state index in [2.05, 4.69) is 14.5 Å². The number of anilines is 1. The summed E-state index contributed by atoms with van der Waals surface area (Å²) < 4.78 is 2.11. The Bertz CT molecular complexity index is 563. The van der Waals surface area contributed by atoms with Gasteiger partial charge in [-0.3, -0.25) is 0 Å². The highest BCUT2D eigenvalue weighted by Gasteiger charge is 2.16. The van der Waals surface area contributed by atoms with Crippen LogP contribution in [0.25, 0.3) is 0 Å². The van der Waals surface area contributed by atoms with Crippen LogP contribution in [0.2, 0.25) is 0 Å². The molecule has 4 N–H and O–H groups in total. The number of aliphatic hydroxyl groups excluding tert-OH is 2. The summed E-state index contributed by atoms with van der Waals surface area (Å²) in [6, 6.07) is 0. The summed E-state index contributed by atoms with van der Waals surface area (Å²) in [6.45, 7) is 4.71. The number of aryl methyl sites for hydroxylation is 1. The molecule has 0 radical (unpaired) electrons. The number of nitrogen functional groups attached to an aromatic ring is 1. The second-order valence-electron chi connectivity index (χ2n) is 4.16. The highest BCUT2D eigenvalue weighted by atomic mass is 35.5. The highest BCUT2D eigenvalue weighted by molar-refractivity contribution is 7.09. The van der Waals surface area contributed by atoms with Gasteiger partial charge in [-0.2, -0.15) is 4.57 Å². The number of aliphatic hydroxyl groups is 2. The summed E-state index contributed by atoms with van der Waals surface area (Å²) in [5.41, 5.74) is 10.0. The van der Waals surface area contributed by atoms with Crippen LogP contribution in [0.4, 0.5) is 5.82 Å². The molecule has 0 aromatic carbocycles. The van der Waals surface area contributed by atoms with Gasteiger partial charge in [0.25, 0.3) is 0 Å². The molecule has 0 unspecified atom stereocenters. The Kier molecular flexibility index (Phi) is 9.03. The molecule has 0 saturated heterocycles. The Morgan fingerprint density at radius 2 is 2.00 bits per heavy atom. The van der Waals surface area contributed by atoms with E-state index in [1.807, 2.05) is 19.4 Å². The van der Waals surface area contributed by atoms with Gasteiger partial charge in [0.2, 0.25) is 5.51 Å². The van der Waals surface area contributed by atoms with Crippen molar-refractivity contribution in [2.75, 3.05) is 19.5 Å². The SMILES string of the molecule is CO.Cc1ncc(C[n+]2csc(CCO)c2C)c(N)n1.Cl. The van der Waals surface area contributed by atoms with Gasteiger partial charge >= 0.3 is 0 Å². The normalized spacial score (nSPS) is 9.57. The van der Waals surface area contributed by atoms with Crippen molar-refractivity contribution in [3.8, 4) is 0 Å². The second kappa shape index (κ2) is 9.62. The van der Waals surface area contributed by atoms with Crippen molar-refractivity contribution in [3.05, 3.63) is 33.7 Å². The maximum Gasteiger partial charge on any atom is 0.225 e. The molecule has 21 heavy (non-hydrogen) atoms. The number of halogens is 1. The average molecular weight is 334 g/mol. The van der Waals surface area contributed by atoms with E-state index in [0.29, 0.717) is 24.6 Å². The van der Waals surface area contributed by atoms with E-state index in [1.165, 1.54) is 4.88 Å². The third kappa shape index (κ3) is 5.20. The Balaban J connectivity index is 0.00000128. The summed E-state index contributed by atoms with van der Waals surface area (Å²) in [6.07, 6.45) is 2.47. The lowest BCUT2D eigenvalue weighted by Crippen LogP contribution is -2.35. The maximum atomic E-state index is 8.98. The molecule has 0 aliphatic rings. The van der Waals surface area contributed by atoms with Gasteiger partial charge in [-0.05, 0) is 6.92 Å². The molecule has 2 rings (SSSR count). The van der Waals surface area contributed by atoms with E-state index in [4.69, 9.17) is 15.9 Å². The molecule has 2 aromatic rings. The fourth-order valence-electron chi connectivity index (χ4n) is 1.77. The van der Waals surface area contributed by atoms with Gasteiger partial charge in [0.1, 0.15) is 11.6 Å². The summed E-state index contributed by atoms with van der Waals surface area (Å²) in [5.74, 6) is 1.22. The third-order valence-corrected chi connectivity index (χ3v) is 4.00. The standard InChI is InChI=1S/C12H17N4OS.CH4O.ClH/c1-8-11(3-4-17)18-7-16(8)6-10-5-14-9(2)15-12(10)13;1-2;/h5,7,17H,3-4,6H2,1-2H3,(H2,13,14,15);2H,1H3;1H/q+1;;. The van der Waals surface area contributed by atoms with Crippen LogP contribution in [0.3, 0.4) is 0 Å². The van der Waals surface area contributed by atoms with Gasteiger partial charge in [0.05, 0.1) is 10.4 Å². The predicted molar refractivity (Wildman–Crippen MR) is 85.7 cm³/mol. The van der Waals surface area contributed by atoms with Gasteiger partial charge in [-0.15, -0.1) is 12.4 Å². The van der Waals surface area contributed by atoms with Crippen LogP contribution >= 0.6 is 23.7 Å². The molecular weight excluding hydrogens is 312 g/mol. The van der Waals surface area contributed by atoms with Crippen LogP contribution in [-0.2, 0) is 13.0 Å². The molecule has 0 aliphatic heterocycles. The number of thiazole rings is 1. The van der Waals surface area contributed by atoms with Crippen LogP contribution in [0.5, 0.6) is 0 Å². The van der Waals surface area contributed by atoms with Crippen LogP contribution in [0.1, 0.15) is 22.0 Å². The average Bonchev–Trinajstić information content (AvgIpc) is 2.77. The predicted octanol–water partition coefficient (Wildman–Crippen LogP) is 0.638. The molecule has 2 heterocycles. The van der Waals surface area contributed by atoms with Crippen molar-refractivity contribution in [1.29, 1.82) is 0 Å². The van der Waals surface area contributed by atoms with E-state index in [9.17, 15) is 0 Å². The van der Waals surface area contributed by atoms with Crippen molar-refractivity contribution >= 4 is 29.6 Å². The smallest absolute Gasteiger partial charge is 0.225 e. The lowest BCUT2D eigenvalue weighted by molar-refractivity contribution is -0.689. The Labute approximate surface area is 134 Å². The van der Waals surface area contributed by atoms with Crippen LogP contribution in [0, 0.1) is 13.8 Å². The zero-order valence-electron chi connectivity index (χ0n) is 12.4. The first-order chi connectivity index (χ1) is 9.61. The van der Waals surface area contributed by atoms with Crippen LogP contribution in [-0.4, -0.2) is 33.9 Å². The molecule has 0 aliphatic carbocycles. The van der Waals surface area contributed by atoms with Gasteiger partial charge in [0, 0.05) is 33.3 Å². The van der Waals surface area contributed by atoms with Crippen molar-refractivity contribution < 1.29 is 14.8 Å². The minimum Gasteiger partial charge on any atom is -0.400 e. The van der Waals surface area contributed by atoms with Crippen molar-refractivity contribution in [3.63, 3.8) is 0 Å². The third-order valence-electron chi connectivity index (χ3n) is 2.85. The molecule has 0 saturated carbocycles. The second-order valence-corrected chi connectivity index (χ2v) is 5.10. The number of rotatable bonds is 4. The molecule has 0 spiro atoms. The summed E-state index contributed by atoms with van der Waals surface area (Å²) in [7, 11) is 1.00. The fraction of sp³-hybridized carbons (Fsp3) is 0.462. The van der Waals surface area contributed by atoms with Crippen molar-refractivity contribution in [2.24, 2.45) is 0 Å². The first kappa shape index (κ1) is 19.7. The summed E-state index contributed by atoms with van der Waals surface area (Å²) >= 11 is 1.65. The zero-order valence-corrected chi connectivity index (χ0v) is 14.0. The van der Waals surface area contributed by atoms with E-state index >= 15 is 0 Å². The quantitative estimate of drug-likeness (QED) is 0.713. The number of hydrogen-bond donors (Lipinski definition) is 3. The molecule has 6 nitrogen and oxygen atoms in total. The van der Waals surface area contributed by atoms with E-state index in [-0.39, 0.29) is 19.0 Å². The minimum atomic E-state index is 0. The number of aromatic nitrogens is 3. The van der Waals surface area contributed by atoms with Crippen LogP contribution < -0.4 is 10.3 Å². The van der Waals surface area contributed by atoms with E-state index in [1.54, 1.807) is 17.5 Å². The first-order valence-electron chi connectivity index (χ1n) is 6.21. The maximum absolute atomic E-state index is 8.98. The first-order valence-corrected chi connectivity index (χ1v) is 7.09. The van der Waals surface area contributed by atoms with Gasteiger partial charge < -0.3 is 15.9 Å². The van der Waals surface area contributed by atoms with Gasteiger partial charge in [-0.1, -0.05) is 11.3 Å². The molecule has 0 amide bonds. The topological polar surface area (TPSA) is 96.1 Å². The van der Waals surface area contributed by atoms with Crippen molar-refractivity contribution in [1.82, 2.24) is 9.97 Å². The van der Waals surface area contributed by atoms with E-state index in [0.717, 1.165) is 18.4 Å².